The average molecular weight is 294 g/mol. The molecule has 0 saturated carbocycles. The smallest absolute Gasteiger partial charge is 0.228 e. The van der Waals surface area contributed by atoms with Crippen molar-refractivity contribution in [2.24, 2.45) is 5.92 Å². The van der Waals surface area contributed by atoms with Gasteiger partial charge in [0.1, 0.15) is 12.0 Å². The van der Waals surface area contributed by atoms with E-state index in [0.717, 1.165) is 6.54 Å². The van der Waals surface area contributed by atoms with Crippen LogP contribution in [0, 0.1) is 5.92 Å². The Morgan fingerprint density at radius 3 is 2.86 bits per heavy atom. The first-order chi connectivity index (χ1) is 9.97. The van der Waals surface area contributed by atoms with Crippen molar-refractivity contribution in [3.8, 4) is 0 Å². The molecule has 0 bridgehead atoms. The average Bonchev–Trinajstić information content (AvgIpc) is 3.05. The number of likely N-dealkylation sites (tertiary alicyclic amines) is 1. The van der Waals surface area contributed by atoms with Gasteiger partial charge in [-0.05, 0) is 14.1 Å². The van der Waals surface area contributed by atoms with Crippen molar-refractivity contribution >= 4 is 11.8 Å². The molecule has 1 aromatic rings. The first-order valence-electron chi connectivity index (χ1n) is 7.04. The highest BCUT2D eigenvalue weighted by molar-refractivity contribution is 5.89. The lowest BCUT2D eigenvalue weighted by atomic mass is 10.1. The van der Waals surface area contributed by atoms with Gasteiger partial charge in [0.2, 0.25) is 11.8 Å². The van der Waals surface area contributed by atoms with Crippen molar-refractivity contribution in [3.05, 3.63) is 18.0 Å². The normalized spacial score (nSPS) is 18.6. The molecule has 1 aliphatic heterocycles. The third-order valence-electron chi connectivity index (χ3n) is 3.65. The van der Waals surface area contributed by atoms with E-state index >= 15 is 0 Å². The van der Waals surface area contributed by atoms with Crippen LogP contribution in [0.3, 0.4) is 0 Å². The van der Waals surface area contributed by atoms with Gasteiger partial charge in [0.25, 0.3) is 0 Å². The molecule has 7 nitrogen and oxygen atoms in total. The molecule has 0 radical (unpaired) electrons. The molecule has 1 aliphatic rings. The van der Waals surface area contributed by atoms with Gasteiger partial charge in [0.05, 0.1) is 12.5 Å². The Hall–Kier alpha value is -1.89. The maximum atomic E-state index is 12.4. The summed E-state index contributed by atoms with van der Waals surface area (Å²) >= 11 is 0. The second-order valence-electron chi connectivity index (χ2n) is 5.73. The van der Waals surface area contributed by atoms with Crippen LogP contribution < -0.4 is 0 Å². The fourth-order valence-electron chi connectivity index (χ4n) is 2.43. The minimum atomic E-state index is -0.253. The molecule has 0 N–H and O–H groups in total. The van der Waals surface area contributed by atoms with E-state index in [0.29, 0.717) is 31.7 Å². The zero-order chi connectivity index (χ0) is 15.4. The van der Waals surface area contributed by atoms with E-state index in [-0.39, 0.29) is 17.7 Å². The second kappa shape index (κ2) is 6.71. The van der Waals surface area contributed by atoms with Gasteiger partial charge in [-0.25, -0.2) is 0 Å². The summed E-state index contributed by atoms with van der Waals surface area (Å²) in [6.07, 6.45) is 1.78. The van der Waals surface area contributed by atoms with Gasteiger partial charge in [-0.3, -0.25) is 9.59 Å². The molecule has 0 aromatic carbocycles. The predicted molar refractivity (Wildman–Crippen MR) is 76.2 cm³/mol. The van der Waals surface area contributed by atoms with Gasteiger partial charge in [-0.2, -0.15) is 0 Å². The summed E-state index contributed by atoms with van der Waals surface area (Å²) < 4.78 is 4.75. The van der Waals surface area contributed by atoms with Crippen LogP contribution in [0.2, 0.25) is 0 Å². The molecule has 1 atom stereocenters. The van der Waals surface area contributed by atoms with Gasteiger partial charge in [-0.15, -0.1) is 0 Å². The van der Waals surface area contributed by atoms with E-state index in [1.54, 1.807) is 22.9 Å². The highest BCUT2D eigenvalue weighted by atomic mass is 16.5. The maximum absolute atomic E-state index is 12.4. The van der Waals surface area contributed by atoms with Gasteiger partial charge < -0.3 is 19.2 Å². The molecule has 1 fully saturated rings. The van der Waals surface area contributed by atoms with E-state index in [1.807, 2.05) is 19.0 Å². The Morgan fingerprint density at radius 1 is 1.48 bits per heavy atom. The molecular weight excluding hydrogens is 272 g/mol. The molecule has 0 spiro atoms. The molecule has 1 aromatic heterocycles. The first-order valence-corrected chi connectivity index (χ1v) is 7.04. The van der Waals surface area contributed by atoms with E-state index in [9.17, 15) is 9.59 Å². The minimum Gasteiger partial charge on any atom is -0.364 e. The van der Waals surface area contributed by atoms with Gasteiger partial charge in [0.15, 0.2) is 0 Å². The van der Waals surface area contributed by atoms with Crippen LogP contribution in [-0.4, -0.2) is 72.4 Å². The summed E-state index contributed by atoms with van der Waals surface area (Å²) in [6, 6.07) is 1.73. The summed E-state index contributed by atoms with van der Waals surface area (Å²) in [5.74, 6) is -0.208. The number of hydrogen-bond donors (Lipinski definition) is 0. The van der Waals surface area contributed by atoms with Crippen molar-refractivity contribution in [2.45, 2.75) is 13.0 Å². The molecular formula is C14H22N4O3. The number of likely N-dealkylation sites (N-methyl/N-ethyl adjacent to an activating group) is 1. The lowest BCUT2D eigenvalue weighted by molar-refractivity contribution is -0.135. The molecule has 21 heavy (non-hydrogen) atoms. The molecule has 2 rings (SSSR count). The molecule has 2 heterocycles. The number of carbonyl (C=O) groups is 2. The summed E-state index contributed by atoms with van der Waals surface area (Å²) in [5, 5.41) is 3.79. The Kier molecular flexibility index (Phi) is 4.95. The molecule has 0 aliphatic carbocycles. The first kappa shape index (κ1) is 15.5. The fourth-order valence-corrected chi connectivity index (χ4v) is 2.43. The summed E-state index contributed by atoms with van der Waals surface area (Å²) in [5.41, 5.74) is 0.708. The number of hydrogen-bond acceptors (Lipinski definition) is 5. The third kappa shape index (κ3) is 4.04. The monoisotopic (exact) mass is 294 g/mol. The highest BCUT2D eigenvalue weighted by Crippen LogP contribution is 2.20. The zero-order valence-corrected chi connectivity index (χ0v) is 12.8. The van der Waals surface area contributed by atoms with Gasteiger partial charge >= 0.3 is 0 Å². The Balaban J connectivity index is 1.87. The largest absolute Gasteiger partial charge is 0.364 e. The fraction of sp³-hybridized carbons (Fsp3) is 0.643. The number of nitrogens with zero attached hydrogens (tertiary/aromatic N) is 4. The SMILES string of the molecule is CN(C)CCN1CC(C(=O)N(C)Cc2ccon2)CC1=O. The van der Waals surface area contributed by atoms with E-state index < -0.39 is 0 Å². The van der Waals surface area contributed by atoms with Crippen molar-refractivity contribution in [1.29, 1.82) is 0 Å². The lowest BCUT2D eigenvalue weighted by Crippen LogP contribution is -2.36. The standard InChI is InChI=1S/C14H22N4O3/c1-16(2)5-6-18-9-11(8-13(18)19)14(20)17(3)10-12-4-7-21-15-12/h4,7,11H,5-6,8-10H2,1-3H3. The topological polar surface area (TPSA) is 69.9 Å². The number of aromatic nitrogens is 1. The number of rotatable bonds is 6. The summed E-state index contributed by atoms with van der Waals surface area (Å²) in [4.78, 5) is 29.7. The Labute approximate surface area is 124 Å². The van der Waals surface area contributed by atoms with Crippen LogP contribution in [0.1, 0.15) is 12.1 Å². The Morgan fingerprint density at radius 2 is 2.24 bits per heavy atom. The second-order valence-corrected chi connectivity index (χ2v) is 5.73. The third-order valence-corrected chi connectivity index (χ3v) is 3.65. The predicted octanol–water partition coefficient (Wildman–Crippen LogP) is 0.0431. The van der Waals surface area contributed by atoms with Crippen molar-refractivity contribution in [3.63, 3.8) is 0 Å². The van der Waals surface area contributed by atoms with Crippen LogP contribution in [0.5, 0.6) is 0 Å². The van der Waals surface area contributed by atoms with Gasteiger partial charge in [0, 0.05) is 39.2 Å². The maximum Gasteiger partial charge on any atom is 0.228 e. The summed E-state index contributed by atoms with van der Waals surface area (Å²) in [6.45, 7) is 2.39. The van der Waals surface area contributed by atoms with E-state index in [4.69, 9.17) is 4.52 Å². The van der Waals surface area contributed by atoms with Crippen LogP contribution >= 0.6 is 0 Å². The molecule has 1 saturated heterocycles. The Bertz CT molecular complexity index is 486. The quantitative estimate of drug-likeness (QED) is 0.741. The van der Waals surface area contributed by atoms with E-state index in [2.05, 4.69) is 5.16 Å². The van der Waals surface area contributed by atoms with Gasteiger partial charge in [-0.1, -0.05) is 5.16 Å². The van der Waals surface area contributed by atoms with Crippen molar-refractivity contribution in [2.75, 3.05) is 40.8 Å². The molecule has 116 valence electrons. The van der Waals surface area contributed by atoms with Crippen molar-refractivity contribution < 1.29 is 14.1 Å². The lowest BCUT2D eigenvalue weighted by Gasteiger charge is -2.21. The highest BCUT2D eigenvalue weighted by Gasteiger charge is 2.35. The van der Waals surface area contributed by atoms with Crippen LogP contribution in [0.25, 0.3) is 0 Å². The molecule has 7 heteroatoms. The van der Waals surface area contributed by atoms with Crippen LogP contribution in [0.4, 0.5) is 0 Å². The summed E-state index contributed by atoms with van der Waals surface area (Å²) in [7, 11) is 5.66. The van der Waals surface area contributed by atoms with Crippen LogP contribution in [-0.2, 0) is 16.1 Å². The zero-order valence-electron chi connectivity index (χ0n) is 12.8. The number of carbonyl (C=O) groups excluding carboxylic acids is 2. The molecule has 2 amide bonds. The van der Waals surface area contributed by atoms with E-state index in [1.165, 1.54) is 6.26 Å². The van der Waals surface area contributed by atoms with Crippen LogP contribution in [0.15, 0.2) is 16.9 Å². The number of amides is 2. The van der Waals surface area contributed by atoms with Crippen molar-refractivity contribution in [1.82, 2.24) is 19.9 Å². The molecule has 1 unspecified atom stereocenters. The minimum absolute atomic E-state index is 0.0151.